The van der Waals surface area contributed by atoms with E-state index in [0.717, 1.165) is 0 Å². The summed E-state index contributed by atoms with van der Waals surface area (Å²) < 4.78 is 10.3. The Hall–Kier alpha value is -1.67. The molecule has 0 unspecified atom stereocenters. The smallest absolute Gasteiger partial charge is 0.342 e. The molecule has 1 fully saturated rings. The van der Waals surface area contributed by atoms with Crippen LogP contribution >= 0.6 is 0 Å². The number of para-hydroxylation sites is 1. The fourth-order valence-corrected chi connectivity index (χ4v) is 2.16. The second-order valence-corrected chi connectivity index (χ2v) is 4.88. The van der Waals surface area contributed by atoms with E-state index in [2.05, 4.69) is 5.32 Å². The molecule has 116 valence electrons. The molecule has 1 heterocycles. The van der Waals surface area contributed by atoms with Crippen LogP contribution in [0.15, 0.2) is 24.3 Å². The van der Waals surface area contributed by atoms with Crippen molar-refractivity contribution in [1.29, 1.82) is 0 Å². The predicted molar refractivity (Wildman–Crippen MR) is 73.8 cm³/mol. The Morgan fingerprint density at radius 1 is 1.19 bits per heavy atom. The summed E-state index contributed by atoms with van der Waals surface area (Å²) in [5.41, 5.74) is 0.852. The van der Waals surface area contributed by atoms with Crippen LogP contribution in [0.25, 0.3) is 0 Å². The first-order valence-corrected chi connectivity index (χ1v) is 6.63. The lowest BCUT2D eigenvalue weighted by Crippen LogP contribution is -2.57. The lowest BCUT2D eigenvalue weighted by Gasteiger charge is -2.38. The molecule has 2 rings (SSSR count). The molecule has 0 aliphatic carbocycles. The summed E-state index contributed by atoms with van der Waals surface area (Å²) in [6.07, 6.45) is -6.29. The largest absolute Gasteiger partial charge is 0.429 e. The topological polar surface area (TPSA) is 108 Å². The second kappa shape index (κ2) is 6.40. The number of carbonyl (C=O) groups is 1. The van der Waals surface area contributed by atoms with E-state index < -0.39 is 36.7 Å². The van der Waals surface area contributed by atoms with Gasteiger partial charge in [0.25, 0.3) is 0 Å². The van der Waals surface area contributed by atoms with Gasteiger partial charge in [0.2, 0.25) is 6.29 Å². The van der Waals surface area contributed by atoms with Crippen molar-refractivity contribution in [1.82, 2.24) is 0 Å². The van der Waals surface area contributed by atoms with Gasteiger partial charge >= 0.3 is 5.97 Å². The summed E-state index contributed by atoms with van der Waals surface area (Å²) >= 11 is 0. The number of nitrogens with one attached hydrogen (secondary N) is 1. The van der Waals surface area contributed by atoms with Crippen molar-refractivity contribution in [2.24, 2.45) is 0 Å². The highest BCUT2D eigenvalue weighted by atomic mass is 16.7. The van der Waals surface area contributed by atoms with Crippen LogP contribution in [0.5, 0.6) is 0 Å². The van der Waals surface area contributed by atoms with Crippen molar-refractivity contribution in [3.63, 3.8) is 0 Å². The highest BCUT2D eigenvalue weighted by molar-refractivity contribution is 5.95. The Kier molecular flexibility index (Phi) is 4.79. The Bertz CT molecular complexity index is 508. The number of hydrogen-bond acceptors (Lipinski definition) is 7. The maximum Gasteiger partial charge on any atom is 0.342 e. The van der Waals surface area contributed by atoms with E-state index in [1.165, 1.54) is 6.92 Å². The zero-order chi connectivity index (χ0) is 15.6. The minimum atomic E-state index is -1.51. The van der Waals surface area contributed by atoms with Crippen molar-refractivity contribution in [3.05, 3.63) is 29.8 Å². The van der Waals surface area contributed by atoms with Crippen molar-refractivity contribution >= 4 is 11.7 Å². The number of rotatable bonds is 3. The van der Waals surface area contributed by atoms with Gasteiger partial charge in [-0.05, 0) is 19.1 Å². The number of benzene rings is 1. The highest BCUT2D eigenvalue weighted by Gasteiger charge is 2.43. The molecule has 0 aromatic heterocycles. The van der Waals surface area contributed by atoms with Gasteiger partial charge in [-0.1, -0.05) is 12.1 Å². The molecule has 7 heteroatoms. The first-order valence-electron chi connectivity index (χ1n) is 6.63. The molecule has 1 saturated heterocycles. The van der Waals surface area contributed by atoms with Crippen molar-refractivity contribution in [3.8, 4) is 0 Å². The molecule has 7 nitrogen and oxygen atoms in total. The Labute approximate surface area is 122 Å². The fraction of sp³-hybridized carbons (Fsp3) is 0.500. The maximum absolute atomic E-state index is 12.1. The first-order chi connectivity index (χ1) is 9.95. The lowest BCUT2D eigenvalue weighted by atomic mass is 10.00. The molecule has 1 aliphatic heterocycles. The maximum atomic E-state index is 12.1. The van der Waals surface area contributed by atoms with Gasteiger partial charge in [0.05, 0.1) is 11.7 Å². The van der Waals surface area contributed by atoms with E-state index in [-0.39, 0.29) is 5.56 Å². The van der Waals surface area contributed by atoms with E-state index in [1.807, 2.05) is 0 Å². The van der Waals surface area contributed by atoms with Crippen LogP contribution in [-0.2, 0) is 9.47 Å². The standard InChI is InChI=1S/C14H19NO6/c1-7-10(16)11(17)12(18)14(20-7)21-13(19)8-5-3-4-6-9(8)15-2/h3-7,10-12,14-18H,1-2H3/t7-,10+,11-,12-,14+/m1/s1. The van der Waals surface area contributed by atoms with Gasteiger partial charge in [-0.2, -0.15) is 0 Å². The minimum absolute atomic E-state index is 0.282. The normalized spacial score (nSPS) is 32.5. The van der Waals surface area contributed by atoms with Gasteiger partial charge in [0.15, 0.2) is 0 Å². The molecule has 0 bridgehead atoms. The number of esters is 1. The summed E-state index contributed by atoms with van der Waals surface area (Å²) in [6, 6.07) is 6.71. The van der Waals surface area contributed by atoms with Gasteiger partial charge in [0, 0.05) is 12.7 Å². The summed E-state index contributed by atoms with van der Waals surface area (Å²) in [4.78, 5) is 12.1. The monoisotopic (exact) mass is 297 g/mol. The number of ether oxygens (including phenoxy) is 2. The molecule has 0 spiro atoms. The van der Waals surface area contributed by atoms with Crippen LogP contribution in [0.2, 0.25) is 0 Å². The minimum Gasteiger partial charge on any atom is -0.429 e. The molecular formula is C14H19NO6. The molecule has 1 aromatic rings. The molecule has 0 radical (unpaired) electrons. The van der Waals surface area contributed by atoms with E-state index >= 15 is 0 Å². The second-order valence-electron chi connectivity index (χ2n) is 4.88. The zero-order valence-corrected chi connectivity index (χ0v) is 11.8. The van der Waals surface area contributed by atoms with E-state index in [0.29, 0.717) is 5.69 Å². The van der Waals surface area contributed by atoms with Crippen LogP contribution in [0.3, 0.4) is 0 Å². The average molecular weight is 297 g/mol. The Balaban J connectivity index is 2.12. The molecule has 21 heavy (non-hydrogen) atoms. The molecular weight excluding hydrogens is 278 g/mol. The van der Waals surface area contributed by atoms with E-state index in [1.54, 1.807) is 31.3 Å². The summed E-state index contributed by atoms with van der Waals surface area (Å²) in [5.74, 6) is -0.695. The zero-order valence-electron chi connectivity index (χ0n) is 11.8. The Morgan fingerprint density at radius 2 is 1.86 bits per heavy atom. The number of anilines is 1. The third-order valence-electron chi connectivity index (χ3n) is 3.45. The van der Waals surface area contributed by atoms with Gasteiger partial charge in [-0.15, -0.1) is 0 Å². The number of hydrogen-bond donors (Lipinski definition) is 4. The van der Waals surface area contributed by atoms with E-state index in [9.17, 15) is 20.1 Å². The highest BCUT2D eigenvalue weighted by Crippen LogP contribution is 2.24. The summed E-state index contributed by atoms with van der Waals surface area (Å²) in [6.45, 7) is 1.52. The predicted octanol–water partition coefficient (Wildman–Crippen LogP) is -0.287. The molecule has 1 aromatic carbocycles. The lowest BCUT2D eigenvalue weighted by molar-refractivity contribution is -0.276. The van der Waals surface area contributed by atoms with Crippen molar-refractivity contribution in [2.75, 3.05) is 12.4 Å². The fourth-order valence-electron chi connectivity index (χ4n) is 2.16. The quantitative estimate of drug-likeness (QED) is 0.568. The SMILES string of the molecule is CNc1ccccc1C(=O)O[C@@H]1O[C@H](C)[C@H](O)[C@@H](O)[C@H]1O. The average Bonchev–Trinajstić information content (AvgIpc) is 2.50. The molecule has 4 N–H and O–H groups in total. The summed E-state index contributed by atoms with van der Waals surface area (Å²) in [5, 5.41) is 31.9. The number of aliphatic hydroxyl groups excluding tert-OH is 3. The number of aliphatic hydroxyl groups is 3. The van der Waals surface area contributed by atoms with Crippen molar-refractivity contribution < 1.29 is 29.6 Å². The van der Waals surface area contributed by atoms with Crippen LogP contribution in [0.4, 0.5) is 5.69 Å². The van der Waals surface area contributed by atoms with Gasteiger partial charge in [-0.25, -0.2) is 4.79 Å². The molecule has 5 atom stereocenters. The van der Waals surface area contributed by atoms with Gasteiger partial charge in [-0.3, -0.25) is 0 Å². The molecule has 0 amide bonds. The third-order valence-corrected chi connectivity index (χ3v) is 3.45. The Morgan fingerprint density at radius 3 is 2.52 bits per heavy atom. The number of carbonyl (C=O) groups excluding carboxylic acids is 1. The van der Waals surface area contributed by atoms with Crippen LogP contribution in [0, 0.1) is 0 Å². The van der Waals surface area contributed by atoms with Crippen LogP contribution in [-0.4, -0.2) is 59.0 Å². The summed E-state index contributed by atoms with van der Waals surface area (Å²) in [7, 11) is 1.67. The van der Waals surface area contributed by atoms with Crippen LogP contribution < -0.4 is 5.32 Å². The van der Waals surface area contributed by atoms with Gasteiger partial charge < -0.3 is 30.1 Å². The van der Waals surface area contributed by atoms with Crippen LogP contribution in [0.1, 0.15) is 17.3 Å². The van der Waals surface area contributed by atoms with Gasteiger partial charge in [0.1, 0.15) is 18.3 Å². The first kappa shape index (κ1) is 15.7. The van der Waals surface area contributed by atoms with Crippen molar-refractivity contribution in [2.45, 2.75) is 37.6 Å². The molecule has 0 saturated carbocycles. The molecule has 1 aliphatic rings. The third kappa shape index (κ3) is 3.16. The van der Waals surface area contributed by atoms with E-state index in [4.69, 9.17) is 9.47 Å².